The van der Waals surface area contributed by atoms with Crippen molar-refractivity contribution in [3.63, 3.8) is 0 Å². The smallest absolute Gasteiger partial charge is 0.263 e. The molecule has 0 unspecified atom stereocenters. The fourth-order valence-electron chi connectivity index (χ4n) is 2.13. The highest BCUT2D eigenvalue weighted by Crippen LogP contribution is 2.19. The summed E-state index contributed by atoms with van der Waals surface area (Å²) in [5.74, 6) is 0.845. The Morgan fingerprint density at radius 1 is 1.05 bits per heavy atom. The van der Waals surface area contributed by atoms with Crippen LogP contribution >= 0.6 is 0 Å². The number of methoxy groups -OCH3 is 1. The van der Waals surface area contributed by atoms with Gasteiger partial charge in [-0.3, -0.25) is 0 Å². The molecule has 0 saturated heterocycles. The van der Waals surface area contributed by atoms with E-state index in [1.807, 2.05) is 30.3 Å². The van der Waals surface area contributed by atoms with Gasteiger partial charge in [-0.15, -0.1) is 0 Å². The Labute approximate surface area is 123 Å². The third-order valence-corrected chi connectivity index (χ3v) is 3.26. The van der Waals surface area contributed by atoms with Crippen LogP contribution in [0.15, 0.2) is 48.5 Å². The van der Waals surface area contributed by atoms with Crippen LogP contribution in [-0.2, 0) is 13.0 Å². The summed E-state index contributed by atoms with van der Waals surface area (Å²) in [6.45, 7) is 1.37. The number of nitrogens with one attached hydrogen (secondary N) is 1. The molecule has 0 atom stereocenters. The lowest BCUT2D eigenvalue weighted by Gasteiger charge is -2.08. The molecule has 2 aromatic carbocycles. The number of hydrogen-bond donors (Lipinski definition) is 1. The minimum Gasteiger partial charge on any atom is -0.497 e. The third kappa shape index (κ3) is 4.83. The Hall–Kier alpha value is -1.94. The van der Waals surface area contributed by atoms with Crippen LogP contribution in [0.1, 0.15) is 23.1 Å². The first-order valence-electron chi connectivity index (χ1n) is 6.89. The van der Waals surface area contributed by atoms with Gasteiger partial charge >= 0.3 is 0 Å². The molecule has 0 spiro atoms. The summed E-state index contributed by atoms with van der Waals surface area (Å²) >= 11 is 0. The molecule has 0 radical (unpaired) electrons. The summed E-state index contributed by atoms with van der Waals surface area (Å²) in [4.78, 5) is 0. The predicted molar refractivity (Wildman–Crippen MR) is 79.8 cm³/mol. The van der Waals surface area contributed by atoms with Crippen LogP contribution in [0.5, 0.6) is 5.75 Å². The molecule has 4 heteroatoms. The Balaban J connectivity index is 1.80. The number of hydrogen-bond acceptors (Lipinski definition) is 2. The van der Waals surface area contributed by atoms with Gasteiger partial charge in [0.25, 0.3) is 6.43 Å². The quantitative estimate of drug-likeness (QED) is 0.780. The van der Waals surface area contributed by atoms with Gasteiger partial charge in [-0.25, -0.2) is 8.78 Å². The topological polar surface area (TPSA) is 21.3 Å². The molecule has 2 rings (SSSR count). The van der Waals surface area contributed by atoms with E-state index in [0.717, 1.165) is 24.3 Å². The fraction of sp³-hybridized carbons (Fsp3) is 0.294. The molecule has 0 aromatic heterocycles. The van der Waals surface area contributed by atoms with Crippen molar-refractivity contribution in [3.8, 4) is 5.75 Å². The zero-order valence-electron chi connectivity index (χ0n) is 12.0. The Morgan fingerprint density at radius 3 is 2.57 bits per heavy atom. The van der Waals surface area contributed by atoms with Gasteiger partial charge in [-0.2, -0.15) is 0 Å². The molecule has 1 N–H and O–H groups in total. The van der Waals surface area contributed by atoms with E-state index in [-0.39, 0.29) is 5.56 Å². The molecule has 0 aliphatic rings. The molecular weight excluding hydrogens is 272 g/mol. The summed E-state index contributed by atoms with van der Waals surface area (Å²) in [6.07, 6.45) is -1.55. The van der Waals surface area contributed by atoms with Crippen molar-refractivity contribution in [2.75, 3.05) is 13.7 Å². The SMILES string of the molecule is COc1cccc(CCNCc2cccc(C(F)F)c2)c1. The monoisotopic (exact) mass is 291 g/mol. The zero-order chi connectivity index (χ0) is 15.1. The van der Waals surface area contributed by atoms with Gasteiger partial charge in [0, 0.05) is 12.1 Å². The van der Waals surface area contributed by atoms with Gasteiger partial charge in [0.2, 0.25) is 0 Å². The normalized spacial score (nSPS) is 10.9. The molecule has 0 aliphatic carbocycles. The fourth-order valence-corrected chi connectivity index (χ4v) is 2.13. The Bertz CT molecular complexity index is 572. The van der Waals surface area contributed by atoms with E-state index in [1.165, 1.54) is 11.6 Å². The van der Waals surface area contributed by atoms with Crippen LogP contribution in [0, 0.1) is 0 Å². The van der Waals surface area contributed by atoms with Crippen molar-refractivity contribution in [1.82, 2.24) is 5.32 Å². The molecule has 0 fully saturated rings. The van der Waals surface area contributed by atoms with Crippen LogP contribution in [-0.4, -0.2) is 13.7 Å². The van der Waals surface area contributed by atoms with Gasteiger partial charge in [-0.05, 0) is 42.3 Å². The van der Waals surface area contributed by atoms with E-state index in [0.29, 0.717) is 6.54 Å². The summed E-state index contributed by atoms with van der Waals surface area (Å²) in [5.41, 5.74) is 2.13. The van der Waals surface area contributed by atoms with E-state index in [4.69, 9.17) is 4.74 Å². The molecule has 112 valence electrons. The summed E-state index contributed by atoms with van der Waals surface area (Å²) in [5, 5.41) is 3.27. The summed E-state index contributed by atoms with van der Waals surface area (Å²) in [6, 6.07) is 14.4. The first-order chi connectivity index (χ1) is 10.2. The average Bonchev–Trinajstić information content (AvgIpc) is 2.52. The first-order valence-corrected chi connectivity index (χ1v) is 6.89. The number of ether oxygens (including phenoxy) is 1. The lowest BCUT2D eigenvalue weighted by Crippen LogP contribution is -2.16. The first kappa shape index (κ1) is 15.4. The maximum atomic E-state index is 12.6. The number of rotatable bonds is 7. The molecule has 0 amide bonds. The van der Waals surface area contributed by atoms with E-state index in [2.05, 4.69) is 5.32 Å². The van der Waals surface area contributed by atoms with E-state index < -0.39 is 6.43 Å². The average molecular weight is 291 g/mol. The molecule has 21 heavy (non-hydrogen) atoms. The van der Waals surface area contributed by atoms with Crippen molar-refractivity contribution in [1.29, 1.82) is 0 Å². The van der Waals surface area contributed by atoms with Crippen molar-refractivity contribution >= 4 is 0 Å². The number of halogens is 2. The zero-order valence-corrected chi connectivity index (χ0v) is 12.0. The Kier molecular flexibility index (Phi) is 5.69. The van der Waals surface area contributed by atoms with Gasteiger partial charge in [-0.1, -0.05) is 30.3 Å². The van der Waals surface area contributed by atoms with Gasteiger partial charge in [0.15, 0.2) is 0 Å². The number of alkyl halides is 2. The van der Waals surface area contributed by atoms with Gasteiger partial charge in [0.05, 0.1) is 7.11 Å². The highest BCUT2D eigenvalue weighted by atomic mass is 19.3. The Morgan fingerprint density at radius 2 is 1.81 bits per heavy atom. The lowest BCUT2D eigenvalue weighted by atomic mass is 10.1. The van der Waals surface area contributed by atoms with Crippen LogP contribution in [0.2, 0.25) is 0 Å². The number of benzene rings is 2. The lowest BCUT2D eigenvalue weighted by molar-refractivity contribution is 0.151. The van der Waals surface area contributed by atoms with E-state index in [9.17, 15) is 8.78 Å². The predicted octanol–water partition coefficient (Wildman–Crippen LogP) is 3.97. The van der Waals surface area contributed by atoms with Crippen LogP contribution < -0.4 is 10.1 Å². The van der Waals surface area contributed by atoms with Crippen LogP contribution in [0.3, 0.4) is 0 Å². The van der Waals surface area contributed by atoms with Crippen LogP contribution in [0.4, 0.5) is 8.78 Å². The summed E-state index contributed by atoms with van der Waals surface area (Å²) in [7, 11) is 1.65. The minimum absolute atomic E-state index is 0.0714. The molecule has 0 aliphatic heterocycles. The minimum atomic E-state index is -2.42. The maximum Gasteiger partial charge on any atom is 0.263 e. The molecular formula is C17H19F2NO. The van der Waals surface area contributed by atoms with Crippen molar-refractivity contribution < 1.29 is 13.5 Å². The van der Waals surface area contributed by atoms with E-state index >= 15 is 0 Å². The van der Waals surface area contributed by atoms with Gasteiger partial charge in [0.1, 0.15) is 5.75 Å². The highest BCUT2D eigenvalue weighted by Gasteiger charge is 2.06. The standard InChI is InChI=1S/C17H19F2NO/c1-21-16-7-3-4-13(11-16)8-9-20-12-14-5-2-6-15(10-14)17(18)19/h2-7,10-11,17,20H,8-9,12H2,1H3. The second-order valence-corrected chi connectivity index (χ2v) is 4.82. The molecule has 0 heterocycles. The van der Waals surface area contributed by atoms with E-state index in [1.54, 1.807) is 19.2 Å². The molecule has 0 saturated carbocycles. The molecule has 0 bridgehead atoms. The molecule has 2 aromatic rings. The van der Waals surface area contributed by atoms with Crippen LogP contribution in [0.25, 0.3) is 0 Å². The second kappa shape index (κ2) is 7.74. The van der Waals surface area contributed by atoms with Crippen molar-refractivity contribution in [2.45, 2.75) is 19.4 Å². The van der Waals surface area contributed by atoms with Crippen molar-refractivity contribution in [3.05, 3.63) is 65.2 Å². The molecule has 2 nitrogen and oxygen atoms in total. The van der Waals surface area contributed by atoms with Gasteiger partial charge < -0.3 is 10.1 Å². The summed E-state index contributed by atoms with van der Waals surface area (Å²) < 4.78 is 30.4. The third-order valence-electron chi connectivity index (χ3n) is 3.26. The highest BCUT2D eigenvalue weighted by molar-refractivity contribution is 5.28. The largest absolute Gasteiger partial charge is 0.497 e. The second-order valence-electron chi connectivity index (χ2n) is 4.82. The maximum absolute atomic E-state index is 12.6. The van der Waals surface area contributed by atoms with Crippen molar-refractivity contribution in [2.24, 2.45) is 0 Å².